The van der Waals surface area contributed by atoms with Gasteiger partial charge in [-0.15, -0.1) is 0 Å². The van der Waals surface area contributed by atoms with E-state index in [0.717, 1.165) is 120 Å². The molecule has 14 rings (SSSR count). The Morgan fingerprint density at radius 3 is 1.48 bits per heavy atom. The molecule has 2 unspecified atom stereocenters. The molecule has 0 radical (unpaired) electrons. The number of fused-ring (bicyclic) bond motifs is 8. The molecule has 5 aromatic rings. The first-order chi connectivity index (χ1) is 37.2. The Bertz CT molecular complexity index is 3490. The minimum absolute atomic E-state index is 0.0463. The largest absolute Gasteiger partial charge is 0.508 e. The number of nitrogens with zero attached hydrogens (tertiary/aromatic N) is 3. The standard InChI is InChI=1S/C20H19NO5.C18H17NO3.C12H15NO.C9H10O6/c1-25-19(23)14-9-13-15(17(14)22)12-8-10-4-2-6-21-7-3-5-11(16(10)21)18(12)26-20(13)24;20-14-6-5-11-15(14)13-9-10-3-1-7-19-8-2-4-12(16(10)19)17(13)22-18(11)21;14-11-6-5-9-3-1-7-13-8-2-4-10(11)12(9)13;1-14-8(12)4-3-5(9(13)15-2)7(11)6(4)10/h8,22H,2-7,9H2,1H3;9H,1-8H2;5-6,14H,1-4,7-8H2;4-5H,3H2,1-2H3. The molecule has 0 bridgehead atoms. The summed E-state index contributed by atoms with van der Waals surface area (Å²) in [7, 11) is 3.50. The van der Waals surface area contributed by atoms with Gasteiger partial charge >= 0.3 is 29.2 Å². The van der Waals surface area contributed by atoms with E-state index in [1.807, 2.05) is 12.1 Å². The molecule has 77 heavy (non-hydrogen) atoms. The zero-order valence-electron chi connectivity index (χ0n) is 43.6. The number of aliphatic hydroxyl groups excluding tert-OH is 1. The number of phenols is 1. The van der Waals surface area contributed by atoms with Gasteiger partial charge in [0.25, 0.3) is 0 Å². The molecule has 3 aromatic carbocycles. The van der Waals surface area contributed by atoms with Crippen molar-refractivity contribution < 1.29 is 62.0 Å². The molecular formula is C59H61N3O15. The van der Waals surface area contributed by atoms with Crippen LogP contribution >= 0.6 is 0 Å². The molecule has 18 heteroatoms. The summed E-state index contributed by atoms with van der Waals surface area (Å²) in [5, 5.41) is 22.1. The topological polar surface area (TPSA) is 241 Å². The van der Waals surface area contributed by atoms with E-state index in [-0.39, 0.29) is 35.6 Å². The predicted octanol–water partition coefficient (Wildman–Crippen LogP) is 6.31. The smallest absolute Gasteiger partial charge is 0.340 e. The van der Waals surface area contributed by atoms with Gasteiger partial charge in [-0.25, -0.2) is 14.4 Å². The molecule has 2 aromatic heterocycles. The second-order valence-corrected chi connectivity index (χ2v) is 21.2. The maximum Gasteiger partial charge on any atom is 0.340 e. The summed E-state index contributed by atoms with van der Waals surface area (Å²) >= 11 is 0. The van der Waals surface area contributed by atoms with Crippen LogP contribution in [0.15, 0.2) is 48.3 Å². The van der Waals surface area contributed by atoms with Gasteiger partial charge in [0.1, 0.15) is 34.5 Å². The minimum Gasteiger partial charge on any atom is -0.508 e. The second-order valence-electron chi connectivity index (χ2n) is 21.2. The molecule has 3 aliphatic carbocycles. The third kappa shape index (κ3) is 8.82. The van der Waals surface area contributed by atoms with E-state index in [4.69, 9.17) is 13.6 Å². The number of hydrogen-bond donors (Lipinski definition) is 2. The van der Waals surface area contributed by atoms with Gasteiger partial charge in [0.05, 0.1) is 32.5 Å². The van der Waals surface area contributed by atoms with Gasteiger partial charge in [-0.05, 0) is 125 Å². The van der Waals surface area contributed by atoms with Crippen LogP contribution in [0.25, 0.3) is 27.7 Å². The van der Waals surface area contributed by atoms with Crippen molar-refractivity contribution in [3.05, 3.63) is 106 Å². The molecule has 8 heterocycles. The first kappa shape index (κ1) is 51.4. The monoisotopic (exact) mass is 1050 g/mol. The zero-order chi connectivity index (χ0) is 54.0. The van der Waals surface area contributed by atoms with E-state index in [0.29, 0.717) is 52.0 Å². The highest BCUT2D eigenvalue weighted by Crippen LogP contribution is 2.45. The summed E-state index contributed by atoms with van der Waals surface area (Å²) in [6.07, 6.45) is 13.7. The van der Waals surface area contributed by atoms with Crippen LogP contribution in [0.5, 0.6) is 5.75 Å². The number of methoxy groups -OCH3 is 3. The normalized spacial score (nSPS) is 20.1. The number of phenolic OH excluding ortho intramolecular Hbond substituents is 1. The van der Waals surface area contributed by atoms with Crippen LogP contribution in [0.3, 0.4) is 0 Å². The average molecular weight is 1050 g/mol. The lowest BCUT2D eigenvalue weighted by Gasteiger charge is -2.37. The SMILES string of the molecule is COC(=O)C1=C(O)c2c(c(=O)oc3c4c5c(cc23)CCCN5CCC4)C1.COC(=O)C1CC(C(=O)OC)C(=O)C1=O.O=C1CCc2c1c1cc3c4c(c1oc2=O)CCCN4CCC3.Oc1ccc2c3c1CCCN3CCC2. The highest BCUT2D eigenvalue weighted by atomic mass is 16.5. The highest BCUT2D eigenvalue weighted by Gasteiger charge is 2.49. The first-order valence-electron chi connectivity index (χ1n) is 26.9. The molecular weight excluding hydrogens is 991 g/mol. The third-order valence-electron chi connectivity index (χ3n) is 16.9. The number of rotatable bonds is 3. The van der Waals surface area contributed by atoms with Crippen molar-refractivity contribution in [2.75, 3.05) is 75.3 Å². The van der Waals surface area contributed by atoms with Crippen molar-refractivity contribution in [1.29, 1.82) is 0 Å². The van der Waals surface area contributed by atoms with Crippen molar-refractivity contribution in [2.45, 2.75) is 103 Å². The number of aromatic hydroxyl groups is 1. The minimum atomic E-state index is -1.16. The quantitative estimate of drug-likeness (QED) is 0.0662. The summed E-state index contributed by atoms with van der Waals surface area (Å²) in [6.45, 7) is 6.56. The Morgan fingerprint density at radius 2 is 0.974 bits per heavy atom. The van der Waals surface area contributed by atoms with Crippen LogP contribution in [0, 0.1) is 11.8 Å². The van der Waals surface area contributed by atoms with E-state index < -0.39 is 46.9 Å². The molecule has 2 N–H and O–H groups in total. The van der Waals surface area contributed by atoms with Crippen LogP contribution in [0.1, 0.15) is 112 Å². The van der Waals surface area contributed by atoms with Crippen LogP contribution < -0.4 is 26.0 Å². The molecule has 0 spiro atoms. The third-order valence-corrected chi connectivity index (χ3v) is 16.9. The number of carbonyl (C=O) groups excluding carboxylic acids is 6. The molecule has 0 saturated heterocycles. The fourth-order valence-corrected chi connectivity index (χ4v) is 13.4. The van der Waals surface area contributed by atoms with Gasteiger partial charge in [-0.1, -0.05) is 6.07 Å². The van der Waals surface area contributed by atoms with Crippen LogP contribution in [0.2, 0.25) is 0 Å². The van der Waals surface area contributed by atoms with Crippen molar-refractivity contribution in [1.82, 2.24) is 0 Å². The molecule has 1 fully saturated rings. The lowest BCUT2D eigenvalue weighted by molar-refractivity contribution is -0.151. The summed E-state index contributed by atoms with van der Waals surface area (Å²) in [6, 6.07) is 8.11. The van der Waals surface area contributed by atoms with Crippen molar-refractivity contribution in [3.63, 3.8) is 0 Å². The number of aryl methyl sites for hydroxylation is 5. The van der Waals surface area contributed by atoms with E-state index in [1.54, 1.807) is 0 Å². The van der Waals surface area contributed by atoms with E-state index >= 15 is 0 Å². The fourth-order valence-electron chi connectivity index (χ4n) is 13.4. The number of hydrogen-bond acceptors (Lipinski definition) is 18. The van der Waals surface area contributed by atoms with Gasteiger partial charge in [0, 0.05) is 113 Å². The molecule has 1 saturated carbocycles. The summed E-state index contributed by atoms with van der Waals surface area (Å²) in [5.41, 5.74) is 13.8. The Morgan fingerprint density at radius 1 is 0.519 bits per heavy atom. The lowest BCUT2D eigenvalue weighted by atomic mass is 9.88. The second kappa shape index (κ2) is 20.6. The van der Waals surface area contributed by atoms with Crippen molar-refractivity contribution in [3.8, 4) is 5.75 Å². The van der Waals surface area contributed by atoms with Gasteiger partial charge in [0.2, 0.25) is 11.6 Å². The maximum absolute atomic E-state index is 12.6. The molecule has 18 nitrogen and oxygen atoms in total. The van der Waals surface area contributed by atoms with Crippen LogP contribution in [-0.4, -0.2) is 106 Å². The first-order valence-corrected chi connectivity index (χ1v) is 26.9. The lowest BCUT2D eigenvalue weighted by Crippen LogP contribution is -2.34. The fraction of sp³-hybridized carbons (Fsp3) is 0.458. The number of esters is 3. The Labute approximate surface area is 442 Å². The van der Waals surface area contributed by atoms with Crippen molar-refractivity contribution in [2.24, 2.45) is 11.8 Å². The molecule has 402 valence electrons. The van der Waals surface area contributed by atoms with E-state index in [9.17, 15) is 48.6 Å². The van der Waals surface area contributed by atoms with Gasteiger partial charge in [0.15, 0.2) is 5.78 Å². The Hall–Kier alpha value is -7.76. The van der Waals surface area contributed by atoms with Crippen LogP contribution in [0.4, 0.5) is 17.1 Å². The summed E-state index contributed by atoms with van der Waals surface area (Å²) < 4.78 is 24.9. The highest BCUT2D eigenvalue weighted by molar-refractivity contribution is 6.46. The molecule has 2 atom stereocenters. The predicted molar refractivity (Wildman–Crippen MR) is 283 cm³/mol. The Kier molecular flexibility index (Phi) is 13.8. The zero-order valence-corrected chi connectivity index (χ0v) is 43.6. The average Bonchev–Trinajstić information content (AvgIpc) is 4.28. The number of ketones is 3. The van der Waals surface area contributed by atoms with Crippen LogP contribution in [-0.2, 0) is 89.5 Å². The Balaban J connectivity index is 0.000000113. The van der Waals surface area contributed by atoms with E-state index in [2.05, 4.69) is 36.3 Å². The van der Waals surface area contributed by atoms with Crippen molar-refractivity contribution >= 4 is 80.0 Å². The number of carbonyl (C=O) groups is 6. The number of aliphatic hydroxyl groups is 1. The number of benzene rings is 3. The molecule has 6 aliphatic heterocycles. The number of Topliss-reactive ketones (excluding diaryl/α,β-unsaturated/α-hetero) is 3. The summed E-state index contributed by atoms with van der Waals surface area (Å²) in [5.74, 6) is -5.83. The number of ether oxygens (including phenoxy) is 3. The molecule has 0 amide bonds. The number of anilines is 3. The molecule has 9 aliphatic rings. The summed E-state index contributed by atoms with van der Waals surface area (Å²) in [4.78, 5) is 101. The maximum atomic E-state index is 12.6. The van der Waals surface area contributed by atoms with E-state index in [1.165, 1.54) is 78.8 Å². The van der Waals surface area contributed by atoms with Gasteiger partial charge < -0.3 is 48.0 Å². The van der Waals surface area contributed by atoms with Gasteiger partial charge in [-0.2, -0.15) is 0 Å². The van der Waals surface area contributed by atoms with Gasteiger partial charge in [-0.3, -0.25) is 24.0 Å².